The first-order valence-electron chi connectivity index (χ1n) is 9.33. The van der Waals surface area contributed by atoms with Crippen LogP contribution in [0.5, 0.6) is 5.75 Å². The molecule has 0 spiro atoms. The highest BCUT2D eigenvalue weighted by Crippen LogP contribution is 2.18. The molecule has 0 saturated carbocycles. The third kappa shape index (κ3) is 4.82. The maximum absolute atomic E-state index is 12.0. The van der Waals surface area contributed by atoms with Crippen LogP contribution < -0.4 is 10.2 Å². The van der Waals surface area contributed by atoms with Crippen LogP contribution in [0.15, 0.2) is 90.2 Å². The minimum atomic E-state index is -0.417. The average molecular weight is 416 g/mol. The van der Waals surface area contributed by atoms with Crippen molar-refractivity contribution in [1.29, 1.82) is 0 Å². The molecule has 148 valence electrons. The highest BCUT2D eigenvalue weighted by Gasteiger charge is 2.09. The molecule has 0 aliphatic rings. The first-order chi connectivity index (χ1) is 14.7. The molecule has 0 atom stereocenters. The number of nitrogens with zero attached hydrogens (tertiary/aromatic N) is 2. The number of benzene rings is 3. The molecule has 5 nitrogen and oxygen atoms in total. The van der Waals surface area contributed by atoms with E-state index in [2.05, 4.69) is 45.8 Å². The zero-order chi connectivity index (χ0) is 20.8. The van der Waals surface area contributed by atoms with E-state index in [1.807, 2.05) is 36.4 Å². The Balaban J connectivity index is 1.32. The minimum Gasteiger partial charge on any atom is -0.489 e. The number of hydrogen-bond donors (Lipinski definition) is 1. The number of nitrogens with one attached hydrogen (secondary N) is 1. The van der Waals surface area contributed by atoms with Crippen LogP contribution in [0, 0.1) is 0 Å². The molecule has 0 radical (unpaired) electrons. The smallest absolute Gasteiger partial charge is 0.274 e. The minimum absolute atomic E-state index is 0.137. The van der Waals surface area contributed by atoms with Gasteiger partial charge in [-0.15, -0.1) is 0 Å². The van der Waals surface area contributed by atoms with Gasteiger partial charge in [0.15, 0.2) is 0 Å². The molecule has 4 aromatic rings. The summed E-state index contributed by atoms with van der Waals surface area (Å²) in [7, 11) is 0. The molecule has 6 heteroatoms. The number of halogens is 1. The van der Waals surface area contributed by atoms with Crippen molar-refractivity contribution in [2.45, 2.75) is 6.61 Å². The Labute approximate surface area is 179 Å². The van der Waals surface area contributed by atoms with Gasteiger partial charge in [0.2, 0.25) is 0 Å². The Kier molecular flexibility index (Phi) is 6.01. The van der Waals surface area contributed by atoms with Crippen LogP contribution in [0.3, 0.4) is 0 Å². The molecule has 1 N–H and O–H groups in total. The lowest BCUT2D eigenvalue weighted by Gasteiger charge is -2.07. The Morgan fingerprint density at radius 3 is 2.60 bits per heavy atom. The molecule has 0 unspecified atom stereocenters. The topological polar surface area (TPSA) is 63.6 Å². The predicted molar refractivity (Wildman–Crippen MR) is 119 cm³/mol. The van der Waals surface area contributed by atoms with Crippen LogP contribution in [-0.4, -0.2) is 17.1 Å². The molecule has 1 aromatic heterocycles. The average Bonchev–Trinajstić information content (AvgIpc) is 2.78. The largest absolute Gasteiger partial charge is 0.489 e. The monoisotopic (exact) mass is 415 g/mol. The maximum atomic E-state index is 12.0. The predicted octanol–water partition coefficient (Wildman–Crippen LogP) is 5.23. The van der Waals surface area contributed by atoms with Gasteiger partial charge >= 0.3 is 0 Å². The summed E-state index contributed by atoms with van der Waals surface area (Å²) in [6.45, 7) is 0.486. The lowest BCUT2D eigenvalue weighted by atomic mass is 10.1. The fourth-order valence-electron chi connectivity index (χ4n) is 2.93. The van der Waals surface area contributed by atoms with Crippen molar-refractivity contribution < 1.29 is 9.53 Å². The van der Waals surface area contributed by atoms with Gasteiger partial charge in [-0.25, -0.2) is 10.4 Å². The summed E-state index contributed by atoms with van der Waals surface area (Å²) in [5.74, 6) is 0.339. The second-order valence-electron chi connectivity index (χ2n) is 6.58. The van der Waals surface area contributed by atoms with Crippen molar-refractivity contribution in [2.75, 3.05) is 0 Å². The van der Waals surface area contributed by atoms with Crippen LogP contribution in [0.4, 0.5) is 0 Å². The summed E-state index contributed by atoms with van der Waals surface area (Å²) < 4.78 is 5.87. The highest BCUT2D eigenvalue weighted by atomic mass is 35.5. The fraction of sp³-hybridized carbons (Fsp3) is 0.0417. The summed E-state index contributed by atoms with van der Waals surface area (Å²) in [5, 5.41) is 6.50. The van der Waals surface area contributed by atoms with E-state index in [4.69, 9.17) is 16.3 Å². The van der Waals surface area contributed by atoms with Gasteiger partial charge in [0.05, 0.1) is 11.8 Å². The summed E-state index contributed by atoms with van der Waals surface area (Å²) in [6.07, 6.45) is 3.07. The molecule has 0 aliphatic heterocycles. The molecule has 3 aromatic carbocycles. The molecule has 1 heterocycles. The van der Waals surface area contributed by atoms with Crippen molar-refractivity contribution in [2.24, 2.45) is 5.10 Å². The quantitative estimate of drug-likeness (QED) is 0.266. The molecule has 1 amide bonds. The van der Waals surface area contributed by atoms with Gasteiger partial charge in [0.25, 0.3) is 5.91 Å². The number of hydrazone groups is 1. The van der Waals surface area contributed by atoms with Crippen LogP contribution in [-0.2, 0) is 6.61 Å². The van der Waals surface area contributed by atoms with E-state index in [1.165, 1.54) is 17.0 Å². The van der Waals surface area contributed by atoms with E-state index in [9.17, 15) is 4.79 Å². The van der Waals surface area contributed by atoms with E-state index < -0.39 is 5.91 Å². The van der Waals surface area contributed by atoms with E-state index in [-0.39, 0.29) is 10.7 Å². The first kappa shape index (κ1) is 19.6. The van der Waals surface area contributed by atoms with Gasteiger partial charge < -0.3 is 4.74 Å². The van der Waals surface area contributed by atoms with E-state index in [0.29, 0.717) is 6.61 Å². The SMILES string of the molecule is O=C(NN=Cc1ccc(OCc2ccc3ccccc3c2)cc1)c1cccnc1Cl. The summed E-state index contributed by atoms with van der Waals surface area (Å²) >= 11 is 5.90. The normalized spacial score (nSPS) is 11.0. The third-order valence-corrected chi connectivity index (χ3v) is 4.78. The number of hydrogen-bond acceptors (Lipinski definition) is 4. The number of pyridine rings is 1. The van der Waals surface area contributed by atoms with Gasteiger partial charge in [-0.2, -0.15) is 5.10 Å². The van der Waals surface area contributed by atoms with Gasteiger partial charge in [0, 0.05) is 6.20 Å². The summed E-state index contributed by atoms with van der Waals surface area (Å²) in [6, 6.07) is 25.2. The van der Waals surface area contributed by atoms with Gasteiger partial charge in [-0.1, -0.05) is 48.0 Å². The Bertz CT molecular complexity index is 1210. The second-order valence-corrected chi connectivity index (χ2v) is 6.94. The van der Waals surface area contributed by atoms with Crippen molar-refractivity contribution in [1.82, 2.24) is 10.4 Å². The lowest BCUT2D eigenvalue weighted by molar-refractivity contribution is 0.0955. The molecule has 30 heavy (non-hydrogen) atoms. The van der Waals surface area contributed by atoms with E-state index in [1.54, 1.807) is 18.3 Å². The lowest BCUT2D eigenvalue weighted by Crippen LogP contribution is -2.18. The standard InChI is InChI=1S/C24H18ClN3O2/c25-23-22(6-3-13-26-23)24(29)28-27-15-17-8-11-21(12-9-17)30-16-18-7-10-19-4-1-2-5-20(19)14-18/h1-15H,16H2,(H,28,29). The van der Waals surface area contributed by atoms with Crippen molar-refractivity contribution in [3.63, 3.8) is 0 Å². The molecule has 0 fully saturated rings. The fourth-order valence-corrected chi connectivity index (χ4v) is 3.13. The Morgan fingerprint density at radius 2 is 1.80 bits per heavy atom. The summed E-state index contributed by atoms with van der Waals surface area (Å²) in [4.78, 5) is 15.9. The number of carbonyl (C=O) groups is 1. The number of ether oxygens (including phenoxy) is 1. The van der Waals surface area contributed by atoms with Crippen molar-refractivity contribution in [3.8, 4) is 5.75 Å². The Hall–Kier alpha value is -3.70. The number of aromatic nitrogens is 1. The van der Waals surface area contributed by atoms with Crippen LogP contribution in [0.1, 0.15) is 21.5 Å². The molecular formula is C24H18ClN3O2. The maximum Gasteiger partial charge on any atom is 0.274 e. The van der Waals surface area contributed by atoms with Crippen LogP contribution in [0.25, 0.3) is 10.8 Å². The van der Waals surface area contributed by atoms with Gasteiger partial charge in [-0.3, -0.25) is 4.79 Å². The van der Waals surface area contributed by atoms with E-state index in [0.717, 1.165) is 16.9 Å². The zero-order valence-electron chi connectivity index (χ0n) is 16.0. The number of carbonyl (C=O) groups excluding carboxylic acids is 1. The number of rotatable bonds is 6. The first-order valence-corrected chi connectivity index (χ1v) is 9.71. The molecular weight excluding hydrogens is 398 g/mol. The molecule has 4 rings (SSSR count). The highest BCUT2D eigenvalue weighted by molar-refractivity contribution is 6.32. The molecule has 0 saturated heterocycles. The number of fused-ring (bicyclic) bond motifs is 1. The van der Waals surface area contributed by atoms with Crippen LogP contribution in [0.2, 0.25) is 5.15 Å². The third-order valence-electron chi connectivity index (χ3n) is 4.48. The van der Waals surface area contributed by atoms with E-state index >= 15 is 0 Å². The molecule has 0 aliphatic carbocycles. The van der Waals surface area contributed by atoms with Crippen LogP contribution >= 0.6 is 11.6 Å². The van der Waals surface area contributed by atoms with Gasteiger partial charge in [-0.05, 0) is 64.4 Å². The Morgan fingerprint density at radius 1 is 1.00 bits per heavy atom. The zero-order valence-corrected chi connectivity index (χ0v) is 16.7. The van der Waals surface area contributed by atoms with Gasteiger partial charge in [0.1, 0.15) is 17.5 Å². The summed E-state index contributed by atoms with van der Waals surface area (Å²) in [5.41, 5.74) is 4.64. The second kappa shape index (κ2) is 9.20. The molecule has 0 bridgehead atoms. The van der Waals surface area contributed by atoms with Crippen molar-refractivity contribution >= 4 is 34.5 Å². The van der Waals surface area contributed by atoms with Crippen molar-refractivity contribution in [3.05, 3.63) is 107 Å². The number of amides is 1.